The topological polar surface area (TPSA) is 79.3 Å². The summed E-state index contributed by atoms with van der Waals surface area (Å²) in [5.74, 6) is -2.62. The summed E-state index contributed by atoms with van der Waals surface area (Å²) in [5, 5.41) is 14.5. The summed E-state index contributed by atoms with van der Waals surface area (Å²) in [6.45, 7) is -0.0301. The second-order valence-corrected chi connectivity index (χ2v) is 5.65. The number of carbonyl (C=O) groups excluding carboxylic acids is 1. The van der Waals surface area contributed by atoms with Crippen molar-refractivity contribution < 1.29 is 19.1 Å². The molecule has 0 spiro atoms. The largest absolute Gasteiger partial charge is 0.481 e. The fourth-order valence-corrected chi connectivity index (χ4v) is 2.56. The number of thiazole rings is 1. The van der Waals surface area contributed by atoms with E-state index in [9.17, 15) is 19.1 Å². The predicted octanol–water partition coefficient (Wildman–Crippen LogP) is 2.20. The molecule has 2 N–H and O–H groups in total. The van der Waals surface area contributed by atoms with Gasteiger partial charge in [-0.1, -0.05) is 12.1 Å². The number of hydrogen-bond donors (Lipinski definition) is 2. The van der Waals surface area contributed by atoms with Crippen molar-refractivity contribution in [1.82, 2.24) is 10.3 Å². The van der Waals surface area contributed by atoms with Crippen LogP contribution >= 0.6 is 11.3 Å². The summed E-state index contributed by atoms with van der Waals surface area (Å²) in [6, 6.07) is 5.23. The number of aryl methyl sites for hydroxylation is 1. The highest BCUT2D eigenvalue weighted by molar-refractivity contribution is 7.09. The standard InChI is InChI=1S/C15H15FN2O3S/c16-11-3-1-10(2-4-11)12(15(20)21)9-18-13(19)5-6-14-17-7-8-22-14/h1-4,7-8,12H,5-6,9H2,(H,18,19)(H,20,21). The zero-order valence-electron chi connectivity index (χ0n) is 11.7. The van der Waals surface area contributed by atoms with Crippen molar-refractivity contribution in [2.24, 2.45) is 0 Å². The lowest BCUT2D eigenvalue weighted by Crippen LogP contribution is -2.31. The van der Waals surface area contributed by atoms with Gasteiger partial charge in [-0.15, -0.1) is 11.3 Å². The molecule has 1 amide bonds. The molecule has 0 aliphatic carbocycles. The van der Waals surface area contributed by atoms with E-state index in [-0.39, 0.29) is 18.9 Å². The van der Waals surface area contributed by atoms with Crippen LogP contribution in [-0.2, 0) is 16.0 Å². The van der Waals surface area contributed by atoms with Gasteiger partial charge in [-0.2, -0.15) is 0 Å². The minimum atomic E-state index is -1.06. The van der Waals surface area contributed by atoms with E-state index in [4.69, 9.17) is 0 Å². The van der Waals surface area contributed by atoms with Gasteiger partial charge in [0.25, 0.3) is 0 Å². The van der Waals surface area contributed by atoms with Gasteiger partial charge >= 0.3 is 5.97 Å². The zero-order valence-corrected chi connectivity index (χ0v) is 12.5. The van der Waals surface area contributed by atoms with Gasteiger partial charge in [0.1, 0.15) is 5.82 Å². The minimum absolute atomic E-state index is 0.0301. The Kier molecular flexibility index (Phi) is 5.60. The molecule has 1 atom stereocenters. The molecule has 5 nitrogen and oxygen atoms in total. The Hall–Kier alpha value is -2.28. The molecule has 1 unspecified atom stereocenters. The van der Waals surface area contributed by atoms with Crippen LogP contribution in [0.25, 0.3) is 0 Å². The van der Waals surface area contributed by atoms with E-state index in [1.165, 1.54) is 35.6 Å². The predicted molar refractivity (Wildman–Crippen MR) is 80.2 cm³/mol. The van der Waals surface area contributed by atoms with Crippen LogP contribution in [-0.4, -0.2) is 28.5 Å². The van der Waals surface area contributed by atoms with Gasteiger partial charge in [0.05, 0.1) is 10.9 Å². The third-order valence-electron chi connectivity index (χ3n) is 3.12. The first-order chi connectivity index (χ1) is 10.6. The Balaban J connectivity index is 1.87. The average molecular weight is 322 g/mol. The van der Waals surface area contributed by atoms with Crippen molar-refractivity contribution in [3.05, 3.63) is 52.2 Å². The monoisotopic (exact) mass is 322 g/mol. The lowest BCUT2D eigenvalue weighted by atomic mass is 9.99. The van der Waals surface area contributed by atoms with Gasteiger partial charge in [0, 0.05) is 31.0 Å². The van der Waals surface area contributed by atoms with E-state index >= 15 is 0 Å². The number of aliphatic carboxylic acids is 1. The lowest BCUT2D eigenvalue weighted by Gasteiger charge is -2.13. The van der Waals surface area contributed by atoms with Crippen LogP contribution in [0.1, 0.15) is 22.9 Å². The van der Waals surface area contributed by atoms with E-state index in [0.717, 1.165) is 5.01 Å². The highest BCUT2D eigenvalue weighted by atomic mass is 32.1. The molecule has 0 saturated carbocycles. The van der Waals surface area contributed by atoms with Crippen LogP contribution in [0.5, 0.6) is 0 Å². The number of halogens is 1. The van der Waals surface area contributed by atoms with Crippen molar-refractivity contribution in [2.45, 2.75) is 18.8 Å². The number of carboxylic acids is 1. The molecule has 0 bridgehead atoms. The Labute approximate surface area is 130 Å². The molecule has 2 rings (SSSR count). The summed E-state index contributed by atoms with van der Waals surface area (Å²) in [5.41, 5.74) is 0.453. The number of hydrogen-bond acceptors (Lipinski definition) is 4. The first kappa shape index (κ1) is 16.1. The lowest BCUT2D eigenvalue weighted by molar-refractivity contribution is -0.138. The summed E-state index contributed by atoms with van der Waals surface area (Å²) < 4.78 is 12.9. The Morgan fingerprint density at radius 2 is 2.05 bits per heavy atom. The molecule has 0 aliphatic rings. The first-order valence-electron chi connectivity index (χ1n) is 6.69. The van der Waals surface area contributed by atoms with Crippen LogP contribution in [0.15, 0.2) is 35.8 Å². The van der Waals surface area contributed by atoms with Crippen molar-refractivity contribution >= 4 is 23.2 Å². The molecule has 7 heteroatoms. The van der Waals surface area contributed by atoms with Gasteiger partial charge in [-0.3, -0.25) is 9.59 Å². The molecule has 2 aromatic rings. The zero-order chi connectivity index (χ0) is 15.9. The van der Waals surface area contributed by atoms with Gasteiger partial charge in [-0.05, 0) is 17.7 Å². The number of aromatic nitrogens is 1. The molecule has 22 heavy (non-hydrogen) atoms. The molecule has 1 aromatic carbocycles. The average Bonchev–Trinajstić information content (AvgIpc) is 3.00. The smallest absolute Gasteiger partial charge is 0.312 e. The van der Waals surface area contributed by atoms with E-state index in [0.29, 0.717) is 12.0 Å². The Bertz CT molecular complexity index is 629. The number of benzene rings is 1. The highest BCUT2D eigenvalue weighted by Gasteiger charge is 2.20. The molecule has 0 fully saturated rings. The fraction of sp³-hybridized carbons (Fsp3) is 0.267. The van der Waals surface area contributed by atoms with E-state index < -0.39 is 17.7 Å². The Morgan fingerprint density at radius 1 is 1.32 bits per heavy atom. The van der Waals surface area contributed by atoms with Crippen molar-refractivity contribution in [3.63, 3.8) is 0 Å². The van der Waals surface area contributed by atoms with E-state index in [2.05, 4.69) is 10.3 Å². The van der Waals surface area contributed by atoms with E-state index in [1.807, 2.05) is 5.38 Å². The van der Waals surface area contributed by atoms with Crippen molar-refractivity contribution in [1.29, 1.82) is 0 Å². The molecule has 0 saturated heterocycles. The molecule has 0 radical (unpaired) electrons. The summed E-state index contributed by atoms with van der Waals surface area (Å²) in [6.07, 6.45) is 2.45. The van der Waals surface area contributed by atoms with Crippen LogP contribution in [0, 0.1) is 5.82 Å². The third kappa shape index (κ3) is 4.63. The SMILES string of the molecule is O=C(CCc1nccs1)NCC(C(=O)O)c1ccc(F)cc1. The van der Waals surface area contributed by atoms with Gasteiger partial charge in [0.15, 0.2) is 0 Å². The molecule has 0 aliphatic heterocycles. The maximum atomic E-state index is 12.9. The van der Waals surface area contributed by atoms with Gasteiger partial charge < -0.3 is 10.4 Å². The number of nitrogens with zero attached hydrogens (tertiary/aromatic N) is 1. The van der Waals surface area contributed by atoms with Crippen molar-refractivity contribution in [3.8, 4) is 0 Å². The normalized spacial score (nSPS) is 11.9. The second kappa shape index (κ2) is 7.65. The quantitative estimate of drug-likeness (QED) is 0.819. The molecule has 1 heterocycles. The van der Waals surface area contributed by atoms with Crippen LogP contribution in [0.3, 0.4) is 0 Å². The second-order valence-electron chi connectivity index (χ2n) is 4.67. The number of carboxylic acid groups (broad SMARTS) is 1. The minimum Gasteiger partial charge on any atom is -0.481 e. The summed E-state index contributed by atoms with van der Waals surface area (Å²) >= 11 is 1.47. The van der Waals surface area contributed by atoms with Crippen LogP contribution < -0.4 is 5.32 Å². The number of carbonyl (C=O) groups is 2. The van der Waals surface area contributed by atoms with Gasteiger partial charge in [-0.25, -0.2) is 9.37 Å². The van der Waals surface area contributed by atoms with E-state index in [1.54, 1.807) is 6.20 Å². The summed E-state index contributed by atoms with van der Waals surface area (Å²) in [4.78, 5) is 27.1. The maximum absolute atomic E-state index is 12.9. The number of nitrogens with one attached hydrogen (secondary N) is 1. The summed E-state index contributed by atoms with van der Waals surface area (Å²) in [7, 11) is 0. The third-order valence-corrected chi connectivity index (χ3v) is 3.96. The molecular weight excluding hydrogens is 307 g/mol. The first-order valence-corrected chi connectivity index (χ1v) is 7.57. The highest BCUT2D eigenvalue weighted by Crippen LogP contribution is 2.16. The molecular formula is C15H15FN2O3S. The molecule has 1 aromatic heterocycles. The molecule has 116 valence electrons. The van der Waals surface area contributed by atoms with Crippen molar-refractivity contribution in [2.75, 3.05) is 6.54 Å². The number of rotatable bonds is 7. The number of amides is 1. The Morgan fingerprint density at radius 3 is 2.64 bits per heavy atom. The van der Waals surface area contributed by atoms with Crippen LogP contribution in [0.4, 0.5) is 4.39 Å². The van der Waals surface area contributed by atoms with Gasteiger partial charge in [0.2, 0.25) is 5.91 Å². The fourth-order valence-electron chi connectivity index (χ4n) is 1.94. The maximum Gasteiger partial charge on any atom is 0.312 e. The van der Waals surface area contributed by atoms with Crippen LogP contribution in [0.2, 0.25) is 0 Å².